The highest BCUT2D eigenvalue weighted by atomic mass is 35.5. The number of hydrogen-bond donors (Lipinski definition) is 3. The first kappa shape index (κ1) is 23.1. The zero-order valence-electron chi connectivity index (χ0n) is 17.9. The summed E-state index contributed by atoms with van der Waals surface area (Å²) in [4.78, 5) is 32.4. The van der Waals surface area contributed by atoms with Gasteiger partial charge in [-0.05, 0) is 30.7 Å². The highest BCUT2D eigenvalue weighted by Gasteiger charge is 2.50. The third-order valence-electron chi connectivity index (χ3n) is 5.36. The third-order valence-corrected chi connectivity index (χ3v) is 5.61. The number of guanidine groups is 1. The quantitative estimate of drug-likeness (QED) is 0.468. The second kappa shape index (κ2) is 10.7. The van der Waals surface area contributed by atoms with E-state index in [1.165, 1.54) is 4.90 Å². The predicted molar refractivity (Wildman–Crippen MR) is 118 cm³/mol. The van der Waals surface area contributed by atoms with Crippen molar-refractivity contribution < 1.29 is 19.4 Å². The van der Waals surface area contributed by atoms with Crippen LogP contribution in [0.4, 0.5) is 4.79 Å². The summed E-state index contributed by atoms with van der Waals surface area (Å²) in [7, 11) is 1.62. The minimum absolute atomic E-state index is 0.0374. The van der Waals surface area contributed by atoms with Crippen LogP contribution < -0.4 is 15.4 Å². The fraction of sp³-hybridized carbons (Fsp3) is 0.571. The first-order chi connectivity index (χ1) is 14.9. The number of benzene rings is 1. The Labute approximate surface area is 187 Å². The fourth-order valence-electron chi connectivity index (χ4n) is 3.65. The van der Waals surface area contributed by atoms with Crippen molar-refractivity contribution in [1.29, 1.82) is 0 Å². The molecule has 3 unspecified atom stereocenters. The first-order valence-electron chi connectivity index (χ1n) is 10.6. The molecule has 3 amide bonds. The Kier molecular flexibility index (Phi) is 7.97. The largest absolute Gasteiger partial charge is 0.491 e. The lowest BCUT2D eigenvalue weighted by Gasteiger charge is -2.35. The van der Waals surface area contributed by atoms with Crippen LogP contribution in [0.3, 0.4) is 0 Å². The van der Waals surface area contributed by atoms with E-state index in [9.17, 15) is 14.7 Å². The van der Waals surface area contributed by atoms with Crippen LogP contribution in [-0.2, 0) is 4.79 Å². The molecule has 2 aliphatic rings. The highest BCUT2D eigenvalue weighted by molar-refractivity contribution is 6.30. The Balaban J connectivity index is 1.67. The van der Waals surface area contributed by atoms with E-state index in [2.05, 4.69) is 22.5 Å². The number of ether oxygens (including phenoxy) is 1. The maximum Gasteiger partial charge on any atom is 0.325 e. The molecule has 0 spiro atoms. The molecule has 170 valence electrons. The lowest BCUT2D eigenvalue weighted by molar-refractivity contribution is -0.127. The van der Waals surface area contributed by atoms with E-state index >= 15 is 0 Å². The van der Waals surface area contributed by atoms with Gasteiger partial charge >= 0.3 is 6.03 Å². The number of nitrogens with zero attached hydrogens (tertiary/aromatic N) is 3. The summed E-state index contributed by atoms with van der Waals surface area (Å²) in [6, 6.07) is 5.72. The number of carbonyl (C=O) groups excluding carboxylic acids is 2. The van der Waals surface area contributed by atoms with Crippen molar-refractivity contribution in [3.63, 3.8) is 0 Å². The van der Waals surface area contributed by atoms with Crippen LogP contribution >= 0.6 is 11.6 Å². The number of aliphatic imine (C=N–C) groups is 1. The number of imide groups is 1. The van der Waals surface area contributed by atoms with Crippen LogP contribution in [-0.4, -0.2) is 77.9 Å². The van der Waals surface area contributed by atoms with E-state index in [1.807, 2.05) is 0 Å². The number of fused-ring (bicyclic) bond motifs is 1. The zero-order valence-corrected chi connectivity index (χ0v) is 18.6. The maximum atomic E-state index is 12.6. The van der Waals surface area contributed by atoms with E-state index in [-0.39, 0.29) is 13.2 Å². The normalized spacial score (nSPS) is 22.9. The van der Waals surface area contributed by atoms with Gasteiger partial charge in [-0.3, -0.25) is 15.1 Å². The molecule has 0 saturated carbocycles. The number of carbonyl (C=O) groups is 2. The lowest BCUT2D eigenvalue weighted by atomic mass is 10.1. The van der Waals surface area contributed by atoms with Crippen LogP contribution in [0.5, 0.6) is 5.75 Å². The lowest BCUT2D eigenvalue weighted by Crippen LogP contribution is -2.65. The van der Waals surface area contributed by atoms with E-state index in [0.717, 1.165) is 25.7 Å². The van der Waals surface area contributed by atoms with E-state index in [0.29, 0.717) is 23.3 Å². The van der Waals surface area contributed by atoms with Gasteiger partial charge in [0.2, 0.25) is 0 Å². The molecule has 0 radical (unpaired) electrons. The Morgan fingerprint density at radius 1 is 1.23 bits per heavy atom. The number of likely N-dealkylation sites (N-methyl/N-ethyl adjacent to an activating group) is 1. The molecule has 9 nitrogen and oxygen atoms in total. The monoisotopic (exact) mass is 451 g/mol. The summed E-state index contributed by atoms with van der Waals surface area (Å²) in [5, 5.41) is 16.7. The number of aliphatic hydroxyl groups excluding tert-OH is 1. The van der Waals surface area contributed by atoms with E-state index in [1.54, 1.807) is 36.2 Å². The van der Waals surface area contributed by atoms with Gasteiger partial charge in [-0.25, -0.2) is 4.79 Å². The van der Waals surface area contributed by atoms with E-state index < -0.39 is 30.2 Å². The molecular formula is C21H30ClN5O4. The average Bonchev–Trinajstić information content (AvgIpc) is 3.10. The fourth-order valence-corrected chi connectivity index (χ4v) is 3.77. The molecule has 1 aromatic carbocycles. The van der Waals surface area contributed by atoms with Gasteiger partial charge in [0, 0.05) is 18.6 Å². The number of rotatable bonds is 10. The van der Waals surface area contributed by atoms with Crippen molar-refractivity contribution in [3.05, 3.63) is 29.3 Å². The van der Waals surface area contributed by atoms with Gasteiger partial charge in [-0.1, -0.05) is 37.8 Å². The van der Waals surface area contributed by atoms with Crippen molar-refractivity contribution >= 4 is 29.5 Å². The minimum Gasteiger partial charge on any atom is -0.491 e. The Morgan fingerprint density at radius 3 is 2.68 bits per heavy atom. The van der Waals surface area contributed by atoms with Crippen molar-refractivity contribution in [2.75, 3.05) is 26.7 Å². The van der Waals surface area contributed by atoms with Gasteiger partial charge < -0.3 is 25.0 Å². The molecule has 2 aliphatic heterocycles. The maximum absolute atomic E-state index is 12.6. The zero-order chi connectivity index (χ0) is 22.4. The molecule has 2 saturated heterocycles. The number of halogens is 1. The van der Waals surface area contributed by atoms with Gasteiger partial charge in [0.1, 0.15) is 24.6 Å². The second-order valence-electron chi connectivity index (χ2n) is 7.78. The molecule has 2 fully saturated rings. The molecule has 3 N–H and O–H groups in total. The van der Waals surface area contributed by atoms with Crippen LogP contribution in [0, 0.1) is 0 Å². The van der Waals surface area contributed by atoms with Gasteiger partial charge in [-0.2, -0.15) is 0 Å². The number of amides is 3. The van der Waals surface area contributed by atoms with Crippen molar-refractivity contribution in [2.45, 2.75) is 50.9 Å². The standard InChI is InChI=1S/C21H30ClN5O4/c1-3-4-5-6-11-23-20-24-18-17(19(29)25-21(30)26(18)2)27(20)12-15(28)13-31-16-9-7-14(22)8-10-16/h7-10,15,17-18,28H,3-6,11-13H2,1-2H3,(H,23,24)(H,25,29,30). The molecule has 0 aliphatic carbocycles. The summed E-state index contributed by atoms with van der Waals surface area (Å²) >= 11 is 5.88. The number of unbranched alkanes of at least 4 members (excludes halogenated alkanes) is 3. The Hall–Kier alpha value is -2.52. The van der Waals surface area contributed by atoms with Crippen LogP contribution in [0.15, 0.2) is 29.3 Å². The summed E-state index contributed by atoms with van der Waals surface area (Å²) < 4.78 is 5.63. The molecule has 10 heteroatoms. The Morgan fingerprint density at radius 2 is 1.97 bits per heavy atom. The van der Waals surface area contributed by atoms with Crippen LogP contribution in [0.2, 0.25) is 5.02 Å². The number of hydrogen-bond acceptors (Lipinski definition) is 5. The number of urea groups is 1. The molecule has 0 aromatic heterocycles. The molecule has 3 rings (SSSR count). The smallest absolute Gasteiger partial charge is 0.325 e. The molecule has 31 heavy (non-hydrogen) atoms. The summed E-state index contributed by atoms with van der Waals surface area (Å²) in [6.45, 7) is 2.92. The van der Waals surface area contributed by atoms with Gasteiger partial charge in [-0.15, -0.1) is 0 Å². The van der Waals surface area contributed by atoms with Gasteiger partial charge in [0.05, 0.1) is 6.54 Å². The van der Waals surface area contributed by atoms with Crippen molar-refractivity contribution in [1.82, 2.24) is 20.4 Å². The van der Waals surface area contributed by atoms with Crippen molar-refractivity contribution in [3.8, 4) is 5.75 Å². The molecule has 2 heterocycles. The van der Waals surface area contributed by atoms with Crippen LogP contribution in [0.1, 0.15) is 32.6 Å². The molecular weight excluding hydrogens is 422 g/mol. The van der Waals surface area contributed by atoms with Crippen LogP contribution in [0.25, 0.3) is 0 Å². The van der Waals surface area contributed by atoms with E-state index in [4.69, 9.17) is 16.3 Å². The molecule has 3 atom stereocenters. The number of β-amino-alcohol motifs (C(OH)–C–C–N with tert-alkyl or cyclic N) is 1. The minimum atomic E-state index is -0.878. The van der Waals surface area contributed by atoms with Gasteiger partial charge in [0.25, 0.3) is 5.91 Å². The third kappa shape index (κ3) is 5.80. The second-order valence-corrected chi connectivity index (χ2v) is 8.21. The highest BCUT2D eigenvalue weighted by Crippen LogP contribution is 2.21. The number of aliphatic hydroxyl groups is 1. The SMILES string of the molecule is CCCCCCN=C1NC2C(C(=O)NC(=O)N2C)N1CC(O)COc1ccc(Cl)cc1. The summed E-state index contributed by atoms with van der Waals surface area (Å²) in [6.07, 6.45) is 2.88. The van der Waals surface area contributed by atoms with Gasteiger partial charge in [0.15, 0.2) is 12.0 Å². The predicted octanol–water partition coefficient (Wildman–Crippen LogP) is 1.80. The van der Waals surface area contributed by atoms with Crippen molar-refractivity contribution in [2.24, 2.45) is 4.99 Å². The molecule has 0 bridgehead atoms. The summed E-state index contributed by atoms with van der Waals surface area (Å²) in [5.74, 6) is 0.683. The molecule has 1 aromatic rings. The first-order valence-corrected chi connectivity index (χ1v) is 11.0. The number of nitrogens with one attached hydrogen (secondary N) is 2. The average molecular weight is 452 g/mol. The summed E-state index contributed by atoms with van der Waals surface area (Å²) in [5.41, 5.74) is 0. The Bertz CT molecular complexity index is 803. The topological polar surface area (TPSA) is 106 Å².